The van der Waals surface area contributed by atoms with Crippen molar-refractivity contribution in [3.8, 4) is 16.9 Å². The summed E-state index contributed by atoms with van der Waals surface area (Å²) < 4.78 is 15.8. The Kier molecular flexibility index (Phi) is 6.51. The van der Waals surface area contributed by atoms with Crippen molar-refractivity contribution in [2.75, 3.05) is 13.7 Å². The lowest BCUT2D eigenvalue weighted by atomic mass is 9.99. The summed E-state index contributed by atoms with van der Waals surface area (Å²) >= 11 is 0. The monoisotopic (exact) mass is 404 g/mol. The van der Waals surface area contributed by atoms with Gasteiger partial charge in [0.25, 0.3) is 0 Å². The van der Waals surface area contributed by atoms with Crippen molar-refractivity contribution in [2.24, 2.45) is 0 Å². The molecular weight excluding hydrogens is 380 g/mol. The van der Waals surface area contributed by atoms with Crippen molar-refractivity contribution < 1.29 is 39.4 Å². The van der Waals surface area contributed by atoms with Crippen LogP contribution in [-0.4, -0.2) is 70.8 Å². The molecule has 1 aliphatic rings. The molecule has 4 N–H and O–H groups in total. The topological polar surface area (TPSA) is 126 Å². The van der Waals surface area contributed by atoms with Gasteiger partial charge >= 0.3 is 5.97 Å². The number of esters is 1. The second-order valence-electron chi connectivity index (χ2n) is 6.87. The smallest absolute Gasteiger partial charge is 0.337 e. The van der Waals surface area contributed by atoms with Gasteiger partial charge in [-0.05, 0) is 47.9 Å². The van der Waals surface area contributed by atoms with Gasteiger partial charge in [-0.25, -0.2) is 4.79 Å². The van der Waals surface area contributed by atoms with E-state index in [1.807, 2.05) is 12.1 Å². The first-order valence-corrected chi connectivity index (χ1v) is 9.12. The normalized spacial score (nSPS) is 26.8. The van der Waals surface area contributed by atoms with E-state index in [0.29, 0.717) is 11.3 Å². The van der Waals surface area contributed by atoms with Crippen LogP contribution in [0.15, 0.2) is 42.5 Å². The summed E-state index contributed by atoms with van der Waals surface area (Å²) in [6, 6.07) is 12.3. The lowest BCUT2D eigenvalue weighted by Crippen LogP contribution is -2.60. The van der Waals surface area contributed by atoms with Gasteiger partial charge in [0.1, 0.15) is 30.2 Å². The Labute approximate surface area is 167 Å². The average Bonchev–Trinajstić information content (AvgIpc) is 2.74. The van der Waals surface area contributed by atoms with Crippen molar-refractivity contribution in [3.05, 3.63) is 53.6 Å². The first-order valence-electron chi connectivity index (χ1n) is 9.12. The van der Waals surface area contributed by atoms with Gasteiger partial charge in [0.2, 0.25) is 6.29 Å². The Bertz CT molecular complexity index is 866. The average molecular weight is 404 g/mol. The SMILES string of the molecule is COC(=O)c1cccc(-c2ccc(O[C@H]3O[C@@H](CO)[C@@H](O)[C@@H](O)[C@@H]3O)c(C)c2)c1. The molecule has 0 saturated carbocycles. The number of aryl methyl sites for hydroxylation is 1. The van der Waals surface area contributed by atoms with Crippen LogP contribution in [0.4, 0.5) is 0 Å². The van der Waals surface area contributed by atoms with E-state index in [4.69, 9.17) is 14.2 Å². The summed E-state index contributed by atoms with van der Waals surface area (Å²) in [5.74, 6) is -0.0201. The molecule has 0 radical (unpaired) electrons. The van der Waals surface area contributed by atoms with Crippen LogP contribution in [-0.2, 0) is 9.47 Å². The predicted molar refractivity (Wildman–Crippen MR) is 102 cm³/mol. The van der Waals surface area contributed by atoms with Crippen LogP contribution in [0.3, 0.4) is 0 Å². The summed E-state index contributed by atoms with van der Waals surface area (Å²) in [5.41, 5.74) is 2.82. The van der Waals surface area contributed by atoms with Crippen LogP contribution in [0.2, 0.25) is 0 Å². The third-order valence-electron chi connectivity index (χ3n) is 4.88. The number of methoxy groups -OCH3 is 1. The van der Waals surface area contributed by atoms with Crippen LogP contribution < -0.4 is 4.74 Å². The molecule has 8 heteroatoms. The molecule has 2 aromatic carbocycles. The van der Waals surface area contributed by atoms with Crippen LogP contribution in [0.1, 0.15) is 15.9 Å². The number of aliphatic hydroxyl groups excluding tert-OH is 4. The number of hydrogen-bond acceptors (Lipinski definition) is 8. The molecule has 0 bridgehead atoms. The lowest BCUT2D eigenvalue weighted by molar-refractivity contribution is -0.277. The molecule has 2 aromatic rings. The molecule has 8 nitrogen and oxygen atoms in total. The number of aliphatic hydroxyl groups is 4. The zero-order valence-electron chi connectivity index (χ0n) is 16.1. The minimum absolute atomic E-state index is 0.405. The van der Waals surface area contributed by atoms with Gasteiger partial charge in [0, 0.05) is 0 Å². The van der Waals surface area contributed by atoms with Crippen LogP contribution in [0.5, 0.6) is 5.75 Å². The molecule has 1 aliphatic heterocycles. The highest BCUT2D eigenvalue weighted by Crippen LogP contribution is 2.30. The van der Waals surface area contributed by atoms with E-state index in [2.05, 4.69) is 0 Å². The Balaban J connectivity index is 1.81. The van der Waals surface area contributed by atoms with Crippen LogP contribution in [0.25, 0.3) is 11.1 Å². The Hall–Kier alpha value is -2.49. The van der Waals surface area contributed by atoms with E-state index in [1.165, 1.54) is 7.11 Å². The Morgan fingerprint density at radius 1 is 1.03 bits per heavy atom. The molecule has 5 atom stereocenters. The van der Waals surface area contributed by atoms with Gasteiger partial charge in [-0.15, -0.1) is 0 Å². The molecule has 3 rings (SSSR count). The number of carbonyl (C=O) groups is 1. The van der Waals surface area contributed by atoms with Gasteiger partial charge in [0.15, 0.2) is 0 Å². The zero-order chi connectivity index (χ0) is 21.1. The maximum absolute atomic E-state index is 11.7. The van der Waals surface area contributed by atoms with Crippen LogP contribution >= 0.6 is 0 Å². The van der Waals surface area contributed by atoms with Crippen molar-refractivity contribution >= 4 is 5.97 Å². The molecular formula is C21H24O8. The van der Waals surface area contributed by atoms with Gasteiger partial charge in [-0.2, -0.15) is 0 Å². The first-order chi connectivity index (χ1) is 13.8. The summed E-state index contributed by atoms with van der Waals surface area (Å²) in [4.78, 5) is 11.7. The highest BCUT2D eigenvalue weighted by molar-refractivity contribution is 5.91. The number of carbonyl (C=O) groups excluding carboxylic acids is 1. The summed E-state index contributed by atoms with van der Waals surface area (Å²) in [7, 11) is 1.32. The maximum Gasteiger partial charge on any atom is 0.337 e. The van der Waals surface area contributed by atoms with E-state index in [9.17, 15) is 25.2 Å². The quantitative estimate of drug-likeness (QED) is 0.535. The predicted octanol–water partition coefficient (Wildman–Crippen LogP) is 0.627. The summed E-state index contributed by atoms with van der Waals surface area (Å²) in [6.45, 7) is 1.27. The standard InChI is InChI=1S/C21H24O8/c1-11-8-13(12-4-3-5-14(9-12)20(26)27-2)6-7-15(11)28-21-19(25)18(24)17(23)16(10-22)29-21/h3-9,16-19,21-25H,10H2,1-2H3/t16-,17+,18+,19-,21-/m0/s1. The van der Waals surface area contributed by atoms with Crippen molar-refractivity contribution in [1.29, 1.82) is 0 Å². The highest BCUT2D eigenvalue weighted by Gasteiger charge is 2.44. The third-order valence-corrected chi connectivity index (χ3v) is 4.88. The second kappa shape index (κ2) is 8.89. The lowest BCUT2D eigenvalue weighted by Gasteiger charge is -2.39. The van der Waals surface area contributed by atoms with E-state index in [-0.39, 0.29) is 0 Å². The fourth-order valence-electron chi connectivity index (χ4n) is 3.19. The van der Waals surface area contributed by atoms with E-state index in [0.717, 1.165) is 16.7 Å². The van der Waals surface area contributed by atoms with Gasteiger partial charge < -0.3 is 34.6 Å². The van der Waals surface area contributed by atoms with Gasteiger partial charge in [-0.3, -0.25) is 0 Å². The molecule has 0 aliphatic carbocycles. The molecule has 29 heavy (non-hydrogen) atoms. The number of benzene rings is 2. The molecule has 1 fully saturated rings. The number of rotatable bonds is 5. The van der Waals surface area contributed by atoms with E-state index in [1.54, 1.807) is 37.3 Å². The largest absolute Gasteiger partial charge is 0.465 e. The molecule has 0 amide bonds. The Morgan fingerprint density at radius 3 is 2.41 bits per heavy atom. The number of ether oxygens (including phenoxy) is 3. The maximum atomic E-state index is 11.7. The molecule has 0 spiro atoms. The molecule has 0 unspecified atom stereocenters. The molecule has 1 saturated heterocycles. The van der Waals surface area contributed by atoms with Crippen LogP contribution in [0, 0.1) is 6.92 Å². The second-order valence-corrected chi connectivity index (χ2v) is 6.87. The molecule has 156 valence electrons. The fourth-order valence-corrected chi connectivity index (χ4v) is 3.19. The zero-order valence-corrected chi connectivity index (χ0v) is 16.1. The molecule has 1 heterocycles. The van der Waals surface area contributed by atoms with Gasteiger partial charge in [-0.1, -0.05) is 18.2 Å². The first kappa shape index (κ1) is 21.2. The summed E-state index contributed by atoms with van der Waals surface area (Å²) in [5, 5.41) is 39.2. The van der Waals surface area contributed by atoms with Crippen molar-refractivity contribution in [2.45, 2.75) is 37.6 Å². The van der Waals surface area contributed by atoms with Crippen molar-refractivity contribution in [1.82, 2.24) is 0 Å². The fraction of sp³-hybridized carbons (Fsp3) is 0.381. The van der Waals surface area contributed by atoms with Gasteiger partial charge in [0.05, 0.1) is 19.3 Å². The molecule has 0 aromatic heterocycles. The van der Waals surface area contributed by atoms with E-state index < -0.39 is 43.3 Å². The highest BCUT2D eigenvalue weighted by atomic mass is 16.7. The Morgan fingerprint density at radius 2 is 1.76 bits per heavy atom. The van der Waals surface area contributed by atoms with E-state index >= 15 is 0 Å². The summed E-state index contributed by atoms with van der Waals surface area (Å²) in [6.07, 6.45) is -6.73. The van der Waals surface area contributed by atoms with Crippen molar-refractivity contribution in [3.63, 3.8) is 0 Å². The minimum Gasteiger partial charge on any atom is -0.465 e. The number of hydrogen-bond donors (Lipinski definition) is 4. The minimum atomic E-state index is -1.51. The third kappa shape index (κ3) is 4.42.